The highest BCUT2D eigenvalue weighted by Crippen LogP contribution is 2.29. The number of methoxy groups -OCH3 is 1. The summed E-state index contributed by atoms with van der Waals surface area (Å²) in [5, 5.41) is 0.494. The Morgan fingerprint density at radius 3 is 2.78 bits per heavy atom. The first-order valence-electron chi connectivity index (χ1n) is 9.66. The van der Waals surface area contributed by atoms with E-state index in [1.165, 1.54) is 37.7 Å². The minimum Gasteiger partial charge on any atom is -0.465 e. The number of likely N-dealkylation sites (tertiary alicyclic amines) is 1. The Morgan fingerprint density at radius 2 is 2.11 bits per heavy atom. The molecule has 3 heterocycles. The number of hydrogen-bond acceptors (Lipinski definition) is 6. The molecule has 0 radical (unpaired) electrons. The summed E-state index contributed by atoms with van der Waals surface area (Å²) in [7, 11) is 1.35. The molecule has 1 aliphatic heterocycles. The molecule has 148 valence electrons. The van der Waals surface area contributed by atoms with Crippen LogP contribution in [0.3, 0.4) is 0 Å². The predicted molar refractivity (Wildman–Crippen MR) is 108 cm³/mol. The number of nitrogens with one attached hydrogen (secondary N) is 1. The molecule has 1 saturated heterocycles. The summed E-state index contributed by atoms with van der Waals surface area (Å²) < 4.78 is 4.83. The maximum Gasteiger partial charge on any atom is 0.348 e. The Labute approximate surface area is 163 Å². The largest absolute Gasteiger partial charge is 0.465 e. The number of fused-ring (bicyclic) bond motifs is 1. The Morgan fingerprint density at radius 1 is 1.37 bits per heavy atom. The molecule has 1 fully saturated rings. The lowest BCUT2D eigenvalue weighted by Crippen LogP contribution is -2.38. The number of thiophene rings is 1. The SMILES string of the molecule is COC(=O)c1sc2nc(CN3CCC(C)CCC3C(C)C)[nH]c(=O)c2c1C. The van der Waals surface area contributed by atoms with Gasteiger partial charge in [0.25, 0.3) is 5.56 Å². The van der Waals surface area contributed by atoms with Crippen molar-refractivity contribution in [1.29, 1.82) is 0 Å². The number of aromatic nitrogens is 2. The lowest BCUT2D eigenvalue weighted by atomic mass is 9.95. The number of hydrogen-bond donors (Lipinski definition) is 1. The maximum absolute atomic E-state index is 12.7. The number of H-pyrrole nitrogens is 1. The molecule has 0 saturated carbocycles. The van der Waals surface area contributed by atoms with Crippen molar-refractivity contribution in [2.75, 3.05) is 13.7 Å². The van der Waals surface area contributed by atoms with E-state index in [2.05, 4.69) is 35.6 Å². The third-order valence-electron chi connectivity index (χ3n) is 5.68. The van der Waals surface area contributed by atoms with Crippen LogP contribution in [0.15, 0.2) is 4.79 Å². The van der Waals surface area contributed by atoms with E-state index in [4.69, 9.17) is 4.74 Å². The Bertz CT molecular complexity index is 886. The quantitative estimate of drug-likeness (QED) is 0.804. The second kappa shape index (κ2) is 8.10. The first-order chi connectivity index (χ1) is 12.8. The fourth-order valence-corrected chi connectivity index (χ4v) is 5.15. The zero-order valence-electron chi connectivity index (χ0n) is 16.8. The fraction of sp³-hybridized carbons (Fsp3) is 0.650. The van der Waals surface area contributed by atoms with Gasteiger partial charge in [-0.05, 0) is 50.1 Å². The van der Waals surface area contributed by atoms with Crippen molar-refractivity contribution < 1.29 is 9.53 Å². The van der Waals surface area contributed by atoms with Crippen molar-refractivity contribution in [3.05, 3.63) is 26.6 Å². The van der Waals surface area contributed by atoms with Gasteiger partial charge >= 0.3 is 5.97 Å². The lowest BCUT2D eigenvalue weighted by molar-refractivity contribution is 0.0605. The van der Waals surface area contributed by atoms with E-state index in [0.717, 1.165) is 12.5 Å². The van der Waals surface area contributed by atoms with E-state index in [0.29, 0.717) is 45.0 Å². The molecule has 7 heteroatoms. The summed E-state index contributed by atoms with van der Waals surface area (Å²) in [6, 6.07) is 0.492. The maximum atomic E-state index is 12.7. The van der Waals surface area contributed by atoms with Crippen LogP contribution in [-0.4, -0.2) is 40.5 Å². The van der Waals surface area contributed by atoms with Crippen molar-refractivity contribution >= 4 is 27.5 Å². The molecule has 0 amide bonds. The third-order valence-corrected chi connectivity index (χ3v) is 6.84. The van der Waals surface area contributed by atoms with E-state index < -0.39 is 5.97 Å². The molecule has 27 heavy (non-hydrogen) atoms. The van der Waals surface area contributed by atoms with Gasteiger partial charge in [0.1, 0.15) is 15.5 Å². The number of carbonyl (C=O) groups excluding carboxylic acids is 1. The van der Waals surface area contributed by atoms with Crippen molar-refractivity contribution in [2.24, 2.45) is 11.8 Å². The summed E-state index contributed by atoms with van der Waals surface area (Å²) in [4.78, 5) is 35.8. The number of ether oxygens (including phenoxy) is 1. The Hall–Kier alpha value is -1.73. The first-order valence-corrected chi connectivity index (χ1v) is 10.5. The number of esters is 1. The zero-order valence-corrected chi connectivity index (χ0v) is 17.6. The van der Waals surface area contributed by atoms with Gasteiger partial charge in [-0.1, -0.05) is 20.8 Å². The second-order valence-corrected chi connectivity index (χ2v) is 8.99. The molecule has 6 nitrogen and oxygen atoms in total. The standard InChI is InChI=1S/C20H29N3O3S/c1-11(2)14-7-6-12(3)8-9-23(14)10-15-21-18(24)16-13(4)17(20(25)26-5)27-19(16)22-15/h11-12,14H,6-10H2,1-5H3,(H,21,22,24). The highest BCUT2D eigenvalue weighted by Gasteiger charge is 2.27. The molecule has 3 rings (SSSR count). The van der Waals surface area contributed by atoms with Crippen LogP contribution >= 0.6 is 11.3 Å². The number of aryl methyl sites for hydroxylation is 1. The van der Waals surface area contributed by atoms with Crippen molar-refractivity contribution in [1.82, 2.24) is 14.9 Å². The number of nitrogens with zero attached hydrogens (tertiary/aromatic N) is 2. The molecule has 2 aromatic rings. The van der Waals surface area contributed by atoms with Gasteiger partial charge in [0.2, 0.25) is 0 Å². The van der Waals surface area contributed by atoms with Crippen LogP contribution in [0.1, 0.15) is 61.1 Å². The monoisotopic (exact) mass is 391 g/mol. The van der Waals surface area contributed by atoms with Gasteiger partial charge in [-0.3, -0.25) is 9.69 Å². The normalized spacial score (nSPS) is 21.6. The molecule has 0 aromatic carbocycles. The van der Waals surface area contributed by atoms with Gasteiger partial charge in [0.15, 0.2) is 0 Å². The fourth-order valence-electron chi connectivity index (χ4n) is 4.03. The molecule has 1 N–H and O–H groups in total. The van der Waals surface area contributed by atoms with Crippen molar-refractivity contribution in [3.63, 3.8) is 0 Å². The molecule has 2 unspecified atom stereocenters. The van der Waals surface area contributed by atoms with Crippen LogP contribution in [0, 0.1) is 18.8 Å². The number of rotatable bonds is 4. The van der Waals surface area contributed by atoms with Crippen molar-refractivity contribution in [3.8, 4) is 0 Å². The van der Waals surface area contributed by atoms with Crippen LogP contribution < -0.4 is 5.56 Å². The van der Waals surface area contributed by atoms with Gasteiger partial charge in [-0.25, -0.2) is 9.78 Å². The average molecular weight is 392 g/mol. The van der Waals surface area contributed by atoms with Gasteiger partial charge in [-0.15, -0.1) is 11.3 Å². The van der Waals surface area contributed by atoms with Crippen molar-refractivity contribution in [2.45, 2.75) is 59.5 Å². The van der Waals surface area contributed by atoms with Gasteiger partial charge < -0.3 is 9.72 Å². The highest BCUT2D eigenvalue weighted by atomic mass is 32.1. The minimum absolute atomic E-state index is 0.178. The van der Waals surface area contributed by atoms with E-state index in [-0.39, 0.29) is 5.56 Å². The molecule has 2 aromatic heterocycles. The summed E-state index contributed by atoms with van der Waals surface area (Å²) in [5.41, 5.74) is 0.467. The molecule has 0 spiro atoms. The van der Waals surface area contributed by atoms with E-state index >= 15 is 0 Å². The summed E-state index contributed by atoms with van der Waals surface area (Å²) in [6.07, 6.45) is 3.59. The van der Waals surface area contributed by atoms with Crippen LogP contribution in [0.2, 0.25) is 0 Å². The van der Waals surface area contributed by atoms with Gasteiger partial charge in [0, 0.05) is 6.04 Å². The Balaban J connectivity index is 1.94. The summed E-state index contributed by atoms with van der Waals surface area (Å²) >= 11 is 1.23. The summed E-state index contributed by atoms with van der Waals surface area (Å²) in [6.45, 7) is 10.3. The van der Waals surface area contributed by atoms with Gasteiger partial charge in [0.05, 0.1) is 19.0 Å². The van der Waals surface area contributed by atoms with Crippen LogP contribution in [0.25, 0.3) is 10.2 Å². The van der Waals surface area contributed by atoms with E-state index in [9.17, 15) is 9.59 Å². The molecular formula is C20H29N3O3S. The van der Waals surface area contributed by atoms with Crippen LogP contribution in [0.5, 0.6) is 0 Å². The predicted octanol–water partition coefficient (Wildman–Crippen LogP) is 3.73. The molecule has 2 atom stereocenters. The highest BCUT2D eigenvalue weighted by molar-refractivity contribution is 7.20. The Kier molecular flexibility index (Phi) is 6.01. The molecule has 0 aliphatic carbocycles. The van der Waals surface area contributed by atoms with E-state index in [1.807, 2.05) is 0 Å². The second-order valence-electron chi connectivity index (χ2n) is 7.99. The van der Waals surface area contributed by atoms with Gasteiger partial charge in [-0.2, -0.15) is 0 Å². The molecule has 1 aliphatic rings. The number of aromatic amines is 1. The lowest BCUT2D eigenvalue weighted by Gasteiger charge is -2.32. The zero-order chi connectivity index (χ0) is 19.7. The minimum atomic E-state index is -0.419. The third kappa shape index (κ3) is 4.09. The number of carbonyl (C=O) groups is 1. The molecule has 0 bridgehead atoms. The molecular weight excluding hydrogens is 362 g/mol. The van der Waals surface area contributed by atoms with E-state index in [1.54, 1.807) is 6.92 Å². The smallest absolute Gasteiger partial charge is 0.348 e. The summed E-state index contributed by atoms with van der Waals surface area (Å²) in [5.74, 6) is 1.54. The average Bonchev–Trinajstić information content (AvgIpc) is 2.83. The first kappa shape index (κ1) is 20.0. The topological polar surface area (TPSA) is 75.3 Å². The van der Waals surface area contributed by atoms with Crippen LogP contribution in [-0.2, 0) is 11.3 Å². The van der Waals surface area contributed by atoms with Crippen LogP contribution in [0.4, 0.5) is 0 Å².